The Balaban J connectivity index is 1.83. The molecule has 0 unspecified atom stereocenters. The van der Waals surface area contributed by atoms with E-state index in [9.17, 15) is 4.39 Å². The van der Waals surface area contributed by atoms with Gasteiger partial charge in [-0.2, -0.15) is 0 Å². The van der Waals surface area contributed by atoms with Gasteiger partial charge in [0.25, 0.3) is 0 Å². The molecule has 0 aliphatic rings. The maximum Gasteiger partial charge on any atom is 0.123 e. The van der Waals surface area contributed by atoms with E-state index >= 15 is 0 Å². The Morgan fingerprint density at radius 3 is 2.42 bits per heavy atom. The highest BCUT2D eigenvalue weighted by Crippen LogP contribution is 2.22. The van der Waals surface area contributed by atoms with E-state index in [1.807, 2.05) is 30.3 Å². The lowest BCUT2D eigenvalue weighted by Crippen LogP contribution is -2.09. The summed E-state index contributed by atoms with van der Waals surface area (Å²) in [6.07, 6.45) is 0. The first-order chi connectivity index (χ1) is 9.29. The van der Waals surface area contributed by atoms with Gasteiger partial charge >= 0.3 is 0 Å². The Hall–Kier alpha value is -1.55. The van der Waals surface area contributed by atoms with Gasteiger partial charge < -0.3 is 9.47 Å². The van der Waals surface area contributed by atoms with Crippen molar-refractivity contribution >= 4 is 15.9 Å². The summed E-state index contributed by atoms with van der Waals surface area (Å²) in [6, 6.07) is 14.0. The van der Waals surface area contributed by atoms with Crippen molar-refractivity contribution in [3.05, 3.63) is 59.9 Å². The van der Waals surface area contributed by atoms with Gasteiger partial charge in [0.15, 0.2) is 0 Å². The van der Waals surface area contributed by atoms with Crippen LogP contribution in [0.1, 0.15) is 5.56 Å². The predicted octanol–water partition coefficient (Wildman–Crippen LogP) is 4.18. The van der Waals surface area contributed by atoms with E-state index in [4.69, 9.17) is 9.47 Å². The zero-order chi connectivity index (χ0) is 13.5. The molecule has 4 heteroatoms. The fourth-order valence-corrected chi connectivity index (χ4v) is 2.06. The van der Waals surface area contributed by atoms with Crippen molar-refractivity contribution in [2.45, 2.75) is 5.33 Å². The van der Waals surface area contributed by atoms with Crippen molar-refractivity contribution in [3.63, 3.8) is 0 Å². The summed E-state index contributed by atoms with van der Waals surface area (Å²) < 4.78 is 24.1. The van der Waals surface area contributed by atoms with Gasteiger partial charge in [0.1, 0.15) is 30.5 Å². The number of halogens is 2. The molecule has 0 bridgehead atoms. The Bertz CT molecular complexity index is 517. The normalized spacial score (nSPS) is 10.2. The molecule has 2 aromatic rings. The van der Waals surface area contributed by atoms with Crippen LogP contribution in [0.2, 0.25) is 0 Å². The first kappa shape index (κ1) is 13.9. The van der Waals surface area contributed by atoms with Crippen LogP contribution in [0, 0.1) is 5.82 Å². The zero-order valence-electron chi connectivity index (χ0n) is 10.3. The Morgan fingerprint density at radius 1 is 0.947 bits per heavy atom. The molecule has 2 aromatic carbocycles. The van der Waals surface area contributed by atoms with Gasteiger partial charge in [-0.05, 0) is 30.3 Å². The van der Waals surface area contributed by atoms with Gasteiger partial charge in [-0.3, -0.25) is 0 Å². The summed E-state index contributed by atoms with van der Waals surface area (Å²) in [7, 11) is 0. The van der Waals surface area contributed by atoms with Gasteiger partial charge in [0, 0.05) is 10.9 Å². The average Bonchev–Trinajstić information content (AvgIpc) is 2.46. The molecular formula is C15H14BrFO2. The molecule has 0 atom stereocenters. The Morgan fingerprint density at radius 2 is 1.68 bits per heavy atom. The second-order valence-corrected chi connectivity index (χ2v) is 4.46. The molecule has 0 fully saturated rings. The molecule has 2 rings (SSSR count). The zero-order valence-corrected chi connectivity index (χ0v) is 11.9. The lowest BCUT2D eigenvalue weighted by atomic mass is 10.2. The molecule has 0 saturated carbocycles. The van der Waals surface area contributed by atoms with Crippen molar-refractivity contribution in [3.8, 4) is 11.5 Å². The fraction of sp³-hybridized carbons (Fsp3) is 0.200. The first-order valence-electron chi connectivity index (χ1n) is 5.94. The van der Waals surface area contributed by atoms with Gasteiger partial charge in [0.05, 0.1) is 0 Å². The SMILES string of the molecule is Fc1ccc(OCCOc2ccccc2)c(CBr)c1. The molecule has 0 aliphatic carbocycles. The molecule has 0 aliphatic heterocycles. The summed E-state index contributed by atoms with van der Waals surface area (Å²) in [5.41, 5.74) is 0.791. The summed E-state index contributed by atoms with van der Waals surface area (Å²) in [5.74, 6) is 1.23. The van der Waals surface area contributed by atoms with Crippen molar-refractivity contribution in [2.24, 2.45) is 0 Å². The maximum absolute atomic E-state index is 13.0. The highest BCUT2D eigenvalue weighted by atomic mass is 79.9. The third-order valence-electron chi connectivity index (χ3n) is 2.52. The summed E-state index contributed by atoms with van der Waals surface area (Å²) in [5, 5.41) is 0.555. The molecular weight excluding hydrogens is 311 g/mol. The van der Waals surface area contributed by atoms with E-state index in [1.165, 1.54) is 12.1 Å². The van der Waals surface area contributed by atoms with Crippen LogP contribution in [0.3, 0.4) is 0 Å². The van der Waals surface area contributed by atoms with Crippen LogP contribution < -0.4 is 9.47 Å². The van der Waals surface area contributed by atoms with E-state index in [0.717, 1.165) is 11.3 Å². The number of rotatable bonds is 6. The third kappa shape index (κ3) is 4.24. The molecule has 0 spiro atoms. The van der Waals surface area contributed by atoms with Crippen LogP contribution in [-0.2, 0) is 5.33 Å². The van der Waals surface area contributed by atoms with Crippen molar-refractivity contribution in [1.29, 1.82) is 0 Å². The lowest BCUT2D eigenvalue weighted by Gasteiger charge is -2.11. The van der Waals surface area contributed by atoms with Crippen LogP contribution in [0.25, 0.3) is 0 Å². The van der Waals surface area contributed by atoms with E-state index in [0.29, 0.717) is 24.3 Å². The maximum atomic E-state index is 13.0. The Kier molecular flexibility index (Phi) is 5.21. The third-order valence-corrected chi connectivity index (χ3v) is 3.12. The topological polar surface area (TPSA) is 18.5 Å². The number of hydrogen-bond acceptors (Lipinski definition) is 2. The van der Waals surface area contributed by atoms with E-state index in [2.05, 4.69) is 15.9 Å². The van der Waals surface area contributed by atoms with Crippen LogP contribution in [0.5, 0.6) is 11.5 Å². The number of para-hydroxylation sites is 1. The van der Waals surface area contributed by atoms with Crippen LogP contribution in [0.15, 0.2) is 48.5 Å². The quantitative estimate of drug-likeness (QED) is 0.586. The minimum Gasteiger partial charge on any atom is -0.490 e. The summed E-state index contributed by atoms with van der Waals surface area (Å²) in [6.45, 7) is 0.865. The van der Waals surface area contributed by atoms with Crippen molar-refractivity contribution in [1.82, 2.24) is 0 Å². The fourth-order valence-electron chi connectivity index (χ4n) is 1.62. The van der Waals surface area contributed by atoms with Gasteiger partial charge in [-0.1, -0.05) is 34.1 Å². The molecule has 0 heterocycles. The summed E-state index contributed by atoms with van der Waals surface area (Å²) >= 11 is 3.31. The average molecular weight is 325 g/mol. The molecule has 0 amide bonds. The van der Waals surface area contributed by atoms with Crippen molar-refractivity contribution < 1.29 is 13.9 Å². The minimum absolute atomic E-state index is 0.262. The molecule has 100 valence electrons. The highest BCUT2D eigenvalue weighted by molar-refractivity contribution is 9.08. The molecule has 2 nitrogen and oxygen atoms in total. The monoisotopic (exact) mass is 324 g/mol. The standard InChI is InChI=1S/C15H14BrFO2/c16-11-12-10-13(17)6-7-15(12)19-9-8-18-14-4-2-1-3-5-14/h1-7,10H,8-9,11H2. The molecule has 0 radical (unpaired) electrons. The van der Waals surface area contributed by atoms with Crippen LogP contribution in [-0.4, -0.2) is 13.2 Å². The highest BCUT2D eigenvalue weighted by Gasteiger charge is 2.04. The molecule has 0 aromatic heterocycles. The van der Waals surface area contributed by atoms with Gasteiger partial charge in [-0.25, -0.2) is 4.39 Å². The lowest BCUT2D eigenvalue weighted by molar-refractivity contribution is 0.216. The number of alkyl halides is 1. The second-order valence-electron chi connectivity index (χ2n) is 3.90. The molecule has 0 N–H and O–H groups in total. The van der Waals surface area contributed by atoms with E-state index in [1.54, 1.807) is 6.07 Å². The van der Waals surface area contributed by atoms with E-state index in [-0.39, 0.29) is 5.82 Å². The molecule has 0 saturated heterocycles. The van der Waals surface area contributed by atoms with Crippen LogP contribution in [0.4, 0.5) is 4.39 Å². The predicted molar refractivity (Wildman–Crippen MR) is 76.5 cm³/mol. The number of ether oxygens (including phenoxy) is 2. The van der Waals surface area contributed by atoms with E-state index < -0.39 is 0 Å². The molecule has 19 heavy (non-hydrogen) atoms. The minimum atomic E-state index is -0.262. The van der Waals surface area contributed by atoms with Crippen molar-refractivity contribution in [2.75, 3.05) is 13.2 Å². The number of benzene rings is 2. The smallest absolute Gasteiger partial charge is 0.123 e. The number of hydrogen-bond donors (Lipinski definition) is 0. The van der Waals surface area contributed by atoms with Crippen LogP contribution >= 0.6 is 15.9 Å². The first-order valence-corrected chi connectivity index (χ1v) is 7.07. The Labute approximate surface area is 120 Å². The van der Waals surface area contributed by atoms with Gasteiger partial charge in [0.2, 0.25) is 0 Å². The second kappa shape index (κ2) is 7.14. The van der Waals surface area contributed by atoms with Gasteiger partial charge in [-0.15, -0.1) is 0 Å². The largest absolute Gasteiger partial charge is 0.490 e. The summed E-state index contributed by atoms with van der Waals surface area (Å²) in [4.78, 5) is 0.